The summed E-state index contributed by atoms with van der Waals surface area (Å²) in [5.41, 5.74) is 0.732. The van der Waals surface area contributed by atoms with Crippen molar-refractivity contribution >= 4 is 17.7 Å². The van der Waals surface area contributed by atoms with Gasteiger partial charge in [-0.15, -0.1) is 11.8 Å². The highest BCUT2D eigenvalue weighted by Crippen LogP contribution is 2.26. The number of rotatable bonds is 3. The van der Waals surface area contributed by atoms with E-state index in [9.17, 15) is 9.90 Å². The van der Waals surface area contributed by atoms with Crippen molar-refractivity contribution in [2.24, 2.45) is 0 Å². The van der Waals surface area contributed by atoms with Gasteiger partial charge in [-0.05, 0) is 31.2 Å². The maximum atomic E-state index is 12.6. The van der Waals surface area contributed by atoms with Gasteiger partial charge in [0.15, 0.2) is 0 Å². The molecule has 2 atom stereocenters. The first-order valence-electron chi connectivity index (χ1n) is 6.73. The van der Waals surface area contributed by atoms with Gasteiger partial charge in [-0.2, -0.15) is 0 Å². The van der Waals surface area contributed by atoms with E-state index in [2.05, 4.69) is 0 Å². The number of hydrogen-bond acceptors (Lipinski definition) is 3. The standard InChI is InChI=1S/C15H21NO2S/c1-16(12-8-4-5-9-13(12)17)15(18)11-7-3-6-10-14(11)19-2/h3,6-7,10,12-13,17H,4-5,8-9H2,1-2H3/t12-,13-/m1/s1. The predicted octanol–water partition coefficient (Wildman–Crippen LogP) is 2.78. The molecule has 1 amide bonds. The fourth-order valence-electron chi connectivity index (χ4n) is 2.71. The second-order valence-electron chi connectivity index (χ2n) is 5.04. The van der Waals surface area contributed by atoms with Gasteiger partial charge in [-0.1, -0.05) is 25.0 Å². The summed E-state index contributed by atoms with van der Waals surface area (Å²) < 4.78 is 0. The molecule has 1 aliphatic carbocycles. The van der Waals surface area contributed by atoms with Crippen molar-refractivity contribution in [2.45, 2.75) is 42.7 Å². The molecule has 1 aromatic rings. The molecule has 1 saturated carbocycles. The molecule has 2 rings (SSSR count). The van der Waals surface area contributed by atoms with Gasteiger partial charge in [0.1, 0.15) is 0 Å². The summed E-state index contributed by atoms with van der Waals surface area (Å²) in [6, 6.07) is 7.61. The lowest BCUT2D eigenvalue weighted by Gasteiger charge is -2.35. The van der Waals surface area contributed by atoms with Gasteiger partial charge in [-0.25, -0.2) is 0 Å². The number of benzene rings is 1. The second-order valence-corrected chi connectivity index (χ2v) is 5.88. The summed E-state index contributed by atoms with van der Waals surface area (Å²) in [5.74, 6) is 0.0101. The Labute approximate surface area is 119 Å². The molecule has 104 valence electrons. The van der Waals surface area contributed by atoms with Gasteiger partial charge in [0.2, 0.25) is 0 Å². The summed E-state index contributed by atoms with van der Waals surface area (Å²) in [7, 11) is 1.80. The molecule has 0 bridgehead atoms. The van der Waals surface area contributed by atoms with Crippen LogP contribution in [0.1, 0.15) is 36.0 Å². The van der Waals surface area contributed by atoms with Crippen molar-refractivity contribution < 1.29 is 9.90 Å². The average Bonchev–Trinajstić information content (AvgIpc) is 2.46. The smallest absolute Gasteiger partial charge is 0.255 e. The predicted molar refractivity (Wildman–Crippen MR) is 78.6 cm³/mol. The number of aliphatic hydroxyl groups excluding tert-OH is 1. The van der Waals surface area contributed by atoms with E-state index in [0.29, 0.717) is 0 Å². The molecule has 1 aromatic carbocycles. The molecule has 3 nitrogen and oxygen atoms in total. The van der Waals surface area contributed by atoms with Gasteiger partial charge >= 0.3 is 0 Å². The lowest BCUT2D eigenvalue weighted by molar-refractivity contribution is 0.0266. The maximum absolute atomic E-state index is 12.6. The van der Waals surface area contributed by atoms with Crippen molar-refractivity contribution in [2.75, 3.05) is 13.3 Å². The molecule has 0 heterocycles. The van der Waals surface area contributed by atoms with Crippen LogP contribution in [0.25, 0.3) is 0 Å². The Hall–Kier alpha value is -1.00. The highest BCUT2D eigenvalue weighted by atomic mass is 32.2. The minimum absolute atomic E-state index is 0.0101. The zero-order chi connectivity index (χ0) is 13.8. The Morgan fingerprint density at radius 2 is 2.00 bits per heavy atom. The van der Waals surface area contributed by atoms with Crippen LogP contribution in [0.3, 0.4) is 0 Å². The minimum atomic E-state index is -0.385. The van der Waals surface area contributed by atoms with Crippen LogP contribution in [0, 0.1) is 0 Å². The number of nitrogens with zero attached hydrogens (tertiary/aromatic N) is 1. The van der Waals surface area contributed by atoms with Gasteiger partial charge in [0.05, 0.1) is 17.7 Å². The molecule has 1 fully saturated rings. The topological polar surface area (TPSA) is 40.5 Å². The average molecular weight is 279 g/mol. The normalized spacial score (nSPS) is 23.1. The molecule has 0 spiro atoms. The fraction of sp³-hybridized carbons (Fsp3) is 0.533. The van der Waals surface area contributed by atoms with Crippen molar-refractivity contribution in [1.29, 1.82) is 0 Å². The largest absolute Gasteiger partial charge is 0.391 e. The van der Waals surface area contributed by atoms with Crippen molar-refractivity contribution in [1.82, 2.24) is 4.90 Å². The Balaban J connectivity index is 2.18. The third-order valence-electron chi connectivity index (χ3n) is 3.85. The van der Waals surface area contributed by atoms with Gasteiger partial charge < -0.3 is 10.0 Å². The van der Waals surface area contributed by atoms with Crippen LogP contribution in [-0.2, 0) is 0 Å². The van der Waals surface area contributed by atoms with Crippen molar-refractivity contribution in [3.63, 3.8) is 0 Å². The van der Waals surface area contributed by atoms with E-state index < -0.39 is 0 Å². The number of aliphatic hydroxyl groups is 1. The first-order chi connectivity index (χ1) is 9.15. The zero-order valence-corrected chi connectivity index (χ0v) is 12.3. The molecule has 1 aliphatic rings. The van der Waals surface area contributed by atoms with E-state index in [1.54, 1.807) is 23.7 Å². The van der Waals surface area contributed by atoms with Crippen LogP contribution < -0.4 is 0 Å². The maximum Gasteiger partial charge on any atom is 0.255 e. The molecule has 1 N–H and O–H groups in total. The van der Waals surface area contributed by atoms with E-state index in [1.807, 2.05) is 30.5 Å². The van der Waals surface area contributed by atoms with E-state index in [1.165, 1.54) is 0 Å². The summed E-state index contributed by atoms with van der Waals surface area (Å²) in [5, 5.41) is 10.1. The molecule has 0 unspecified atom stereocenters. The molecular formula is C15H21NO2S. The summed E-state index contributed by atoms with van der Waals surface area (Å²) in [6.45, 7) is 0. The third-order valence-corrected chi connectivity index (χ3v) is 4.64. The zero-order valence-electron chi connectivity index (χ0n) is 11.5. The van der Waals surface area contributed by atoms with Crippen LogP contribution in [0.15, 0.2) is 29.2 Å². The van der Waals surface area contributed by atoms with E-state index in [0.717, 1.165) is 36.1 Å². The summed E-state index contributed by atoms with van der Waals surface area (Å²) >= 11 is 1.58. The summed E-state index contributed by atoms with van der Waals surface area (Å²) in [4.78, 5) is 15.3. The van der Waals surface area contributed by atoms with Gasteiger partial charge in [-0.3, -0.25) is 4.79 Å². The van der Waals surface area contributed by atoms with Crippen LogP contribution >= 0.6 is 11.8 Å². The van der Waals surface area contributed by atoms with Gasteiger partial charge in [0.25, 0.3) is 5.91 Å². The second kappa shape index (κ2) is 6.44. The quantitative estimate of drug-likeness (QED) is 0.865. The molecule has 0 aromatic heterocycles. The van der Waals surface area contributed by atoms with Crippen molar-refractivity contribution in [3.05, 3.63) is 29.8 Å². The molecular weight excluding hydrogens is 258 g/mol. The molecule has 0 aliphatic heterocycles. The van der Waals surface area contributed by atoms with Gasteiger partial charge in [0, 0.05) is 11.9 Å². The number of carbonyl (C=O) groups excluding carboxylic acids is 1. The first kappa shape index (κ1) is 14.4. The highest BCUT2D eigenvalue weighted by molar-refractivity contribution is 7.98. The number of hydrogen-bond donors (Lipinski definition) is 1. The number of amides is 1. The molecule has 19 heavy (non-hydrogen) atoms. The van der Waals surface area contributed by atoms with Crippen LogP contribution in [-0.4, -0.2) is 41.4 Å². The van der Waals surface area contributed by atoms with E-state index in [4.69, 9.17) is 0 Å². The Morgan fingerprint density at radius 3 is 2.68 bits per heavy atom. The molecule has 4 heteroatoms. The monoisotopic (exact) mass is 279 g/mol. The Bertz CT molecular complexity index is 450. The number of thioether (sulfide) groups is 1. The first-order valence-corrected chi connectivity index (χ1v) is 7.96. The Morgan fingerprint density at radius 1 is 1.32 bits per heavy atom. The fourth-order valence-corrected chi connectivity index (χ4v) is 3.30. The van der Waals surface area contributed by atoms with Crippen LogP contribution in [0.5, 0.6) is 0 Å². The number of likely N-dealkylation sites (N-methyl/N-ethyl adjacent to an activating group) is 1. The molecule has 0 radical (unpaired) electrons. The highest BCUT2D eigenvalue weighted by Gasteiger charge is 2.30. The minimum Gasteiger partial charge on any atom is -0.391 e. The van der Waals surface area contributed by atoms with E-state index in [-0.39, 0.29) is 18.1 Å². The lowest BCUT2D eigenvalue weighted by Crippen LogP contribution is -2.46. The third kappa shape index (κ3) is 3.12. The SMILES string of the molecule is CSc1ccccc1C(=O)N(C)[C@@H]1CCCC[C@H]1O. The van der Waals surface area contributed by atoms with Crippen molar-refractivity contribution in [3.8, 4) is 0 Å². The van der Waals surface area contributed by atoms with Crippen LogP contribution in [0.4, 0.5) is 0 Å². The van der Waals surface area contributed by atoms with Crippen LogP contribution in [0.2, 0.25) is 0 Å². The lowest BCUT2D eigenvalue weighted by atomic mass is 9.91. The van der Waals surface area contributed by atoms with E-state index >= 15 is 0 Å². The molecule has 0 saturated heterocycles. The summed E-state index contributed by atoms with van der Waals surface area (Å²) in [6.07, 6.45) is 5.42. The Kier molecular flexibility index (Phi) is 4.88. The number of carbonyl (C=O) groups is 1.